The molecule has 1 aliphatic heterocycles. The van der Waals surface area contributed by atoms with Crippen LogP contribution in [0.1, 0.15) is 42.7 Å². The monoisotopic (exact) mass is 392 g/mol. The molecule has 0 aromatic heterocycles. The van der Waals surface area contributed by atoms with E-state index >= 15 is 0 Å². The van der Waals surface area contributed by atoms with Crippen molar-refractivity contribution in [1.29, 1.82) is 0 Å². The van der Waals surface area contributed by atoms with E-state index in [0.29, 0.717) is 29.8 Å². The van der Waals surface area contributed by atoms with E-state index in [1.54, 1.807) is 16.4 Å². The SMILES string of the molecule is Cc1ccc(S(=O)(=O)N2C[C@H]3[C@H](c4ccccc4)[C@@]3([C+]=C3CCCC3)C2)cc1. The van der Waals surface area contributed by atoms with Crippen molar-refractivity contribution in [2.24, 2.45) is 11.3 Å². The van der Waals surface area contributed by atoms with Crippen LogP contribution in [0.25, 0.3) is 0 Å². The first kappa shape index (κ1) is 18.1. The molecule has 144 valence electrons. The molecule has 1 saturated heterocycles. The van der Waals surface area contributed by atoms with Gasteiger partial charge in [0.2, 0.25) is 21.5 Å². The number of sulfonamides is 1. The summed E-state index contributed by atoms with van der Waals surface area (Å²) in [7, 11) is -3.45. The van der Waals surface area contributed by atoms with Gasteiger partial charge in [-0.25, -0.2) is 8.42 Å². The summed E-state index contributed by atoms with van der Waals surface area (Å²) in [5, 5.41) is 0. The largest absolute Gasteiger partial charge is 0.243 e. The zero-order valence-electron chi connectivity index (χ0n) is 16.3. The molecule has 4 heteroatoms. The molecule has 2 saturated carbocycles. The second kappa shape index (κ2) is 6.52. The van der Waals surface area contributed by atoms with E-state index < -0.39 is 10.0 Å². The standard InChI is InChI=1S/C24H26NO2S/c1-18-11-13-21(14-12-18)28(26,27)25-16-22-23(20-9-3-2-4-10-20)24(22,17-25)15-19-7-5-6-8-19/h2-4,9-14,22-23H,5-8,16-17H2,1H3/q+1/t22-,23-,24-/m0/s1. The van der Waals surface area contributed by atoms with Gasteiger partial charge in [0.15, 0.2) is 5.57 Å². The second-order valence-corrected chi connectivity index (χ2v) is 10.5. The number of benzene rings is 2. The molecule has 3 atom stereocenters. The van der Waals surface area contributed by atoms with Crippen molar-refractivity contribution in [2.45, 2.75) is 43.4 Å². The first-order valence-electron chi connectivity index (χ1n) is 10.3. The number of nitrogens with zero attached hydrogens (tertiary/aromatic N) is 1. The van der Waals surface area contributed by atoms with E-state index in [1.165, 1.54) is 24.0 Å². The van der Waals surface area contributed by atoms with E-state index in [0.717, 1.165) is 18.4 Å². The second-order valence-electron chi connectivity index (χ2n) is 8.58. The molecule has 3 aliphatic rings. The van der Waals surface area contributed by atoms with Crippen LogP contribution in [-0.2, 0) is 10.0 Å². The topological polar surface area (TPSA) is 37.4 Å². The Labute approximate surface area is 168 Å². The van der Waals surface area contributed by atoms with E-state index in [1.807, 2.05) is 25.1 Å². The van der Waals surface area contributed by atoms with Crippen molar-refractivity contribution < 1.29 is 8.42 Å². The molecule has 2 aromatic rings. The number of fused-ring (bicyclic) bond motifs is 1. The molecule has 0 amide bonds. The molecule has 2 aromatic carbocycles. The van der Waals surface area contributed by atoms with Crippen LogP contribution in [0.15, 0.2) is 65.1 Å². The van der Waals surface area contributed by atoms with Gasteiger partial charge in [-0.05, 0) is 37.5 Å². The summed E-state index contributed by atoms with van der Waals surface area (Å²) in [5.74, 6) is 0.731. The van der Waals surface area contributed by atoms with Crippen molar-refractivity contribution in [3.05, 3.63) is 77.4 Å². The fourth-order valence-corrected chi connectivity index (χ4v) is 6.80. The number of rotatable bonds is 4. The van der Waals surface area contributed by atoms with Crippen LogP contribution in [0, 0.1) is 24.3 Å². The average molecular weight is 393 g/mol. The van der Waals surface area contributed by atoms with Crippen LogP contribution in [-0.4, -0.2) is 25.8 Å². The molecule has 0 bridgehead atoms. The molecule has 1 heterocycles. The predicted octanol–water partition coefficient (Wildman–Crippen LogP) is 4.70. The molecule has 5 rings (SSSR count). The Morgan fingerprint density at radius 1 is 1.00 bits per heavy atom. The van der Waals surface area contributed by atoms with Gasteiger partial charge >= 0.3 is 0 Å². The van der Waals surface area contributed by atoms with Gasteiger partial charge in [0, 0.05) is 25.3 Å². The number of aryl methyl sites for hydroxylation is 1. The third kappa shape index (κ3) is 2.83. The summed E-state index contributed by atoms with van der Waals surface area (Å²) in [6.07, 6.45) is 8.58. The quantitative estimate of drug-likeness (QED) is 0.707. The smallest absolute Gasteiger partial charge is 0.207 e. The molecule has 0 unspecified atom stereocenters. The minimum Gasteiger partial charge on any atom is -0.207 e. The van der Waals surface area contributed by atoms with E-state index in [4.69, 9.17) is 0 Å². The highest BCUT2D eigenvalue weighted by atomic mass is 32.2. The molecule has 28 heavy (non-hydrogen) atoms. The summed E-state index contributed by atoms with van der Waals surface area (Å²) < 4.78 is 28.2. The lowest BCUT2D eigenvalue weighted by atomic mass is 9.95. The summed E-state index contributed by atoms with van der Waals surface area (Å²) in [5.41, 5.74) is 3.67. The lowest BCUT2D eigenvalue weighted by Gasteiger charge is -2.19. The Hall–Kier alpha value is -2.00. The molecule has 0 N–H and O–H groups in total. The van der Waals surface area contributed by atoms with Gasteiger partial charge in [-0.15, -0.1) is 0 Å². The van der Waals surface area contributed by atoms with Gasteiger partial charge in [-0.2, -0.15) is 4.31 Å². The highest BCUT2D eigenvalue weighted by molar-refractivity contribution is 7.89. The van der Waals surface area contributed by atoms with Gasteiger partial charge in [0.05, 0.1) is 17.4 Å². The summed E-state index contributed by atoms with van der Waals surface area (Å²) >= 11 is 0. The van der Waals surface area contributed by atoms with Gasteiger partial charge in [0.1, 0.15) is 0 Å². The van der Waals surface area contributed by atoms with E-state index in [9.17, 15) is 8.42 Å². The first-order valence-corrected chi connectivity index (χ1v) is 11.7. The predicted molar refractivity (Wildman–Crippen MR) is 110 cm³/mol. The Balaban J connectivity index is 1.47. The molecule has 3 nitrogen and oxygen atoms in total. The maximum atomic E-state index is 13.2. The summed E-state index contributed by atoms with van der Waals surface area (Å²) in [4.78, 5) is 0.402. The van der Waals surface area contributed by atoms with Gasteiger partial charge in [0.25, 0.3) is 0 Å². The molecule has 2 aliphatic carbocycles. The Morgan fingerprint density at radius 3 is 2.36 bits per heavy atom. The van der Waals surface area contributed by atoms with Gasteiger partial charge < -0.3 is 0 Å². The molecular weight excluding hydrogens is 366 g/mol. The average Bonchev–Trinajstić information content (AvgIpc) is 3.05. The normalized spacial score (nSPS) is 29.5. The molecule has 0 radical (unpaired) electrons. The van der Waals surface area contributed by atoms with Crippen molar-refractivity contribution in [3.63, 3.8) is 0 Å². The number of hydrogen-bond donors (Lipinski definition) is 0. The van der Waals surface area contributed by atoms with Crippen LogP contribution in [0.3, 0.4) is 0 Å². The van der Waals surface area contributed by atoms with E-state index in [-0.39, 0.29) is 5.41 Å². The fraction of sp³-hybridized carbons (Fsp3) is 0.417. The summed E-state index contributed by atoms with van der Waals surface area (Å²) in [6, 6.07) is 17.8. The van der Waals surface area contributed by atoms with Crippen LogP contribution in [0.5, 0.6) is 0 Å². The van der Waals surface area contributed by atoms with Crippen LogP contribution < -0.4 is 0 Å². The maximum absolute atomic E-state index is 13.2. The van der Waals surface area contributed by atoms with Gasteiger partial charge in [-0.3, -0.25) is 0 Å². The first-order chi connectivity index (χ1) is 13.5. The fourth-order valence-electron chi connectivity index (χ4n) is 5.28. The number of piperidine rings is 1. The van der Waals surface area contributed by atoms with Crippen LogP contribution in [0.4, 0.5) is 0 Å². The third-order valence-electron chi connectivity index (χ3n) is 6.78. The lowest BCUT2D eigenvalue weighted by molar-refractivity contribution is 0.410. The Morgan fingerprint density at radius 2 is 1.68 bits per heavy atom. The lowest BCUT2D eigenvalue weighted by Crippen LogP contribution is -2.33. The van der Waals surface area contributed by atoms with E-state index in [2.05, 4.69) is 30.3 Å². The molecular formula is C24H26NO2S+. The maximum Gasteiger partial charge on any atom is 0.243 e. The van der Waals surface area contributed by atoms with Crippen molar-refractivity contribution >= 4 is 10.0 Å². The zero-order valence-corrected chi connectivity index (χ0v) is 17.1. The van der Waals surface area contributed by atoms with Gasteiger partial charge in [-0.1, -0.05) is 48.0 Å². The highest BCUT2D eigenvalue weighted by Crippen LogP contribution is 2.70. The number of allylic oxidation sites excluding steroid dienone is 1. The molecule has 0 spiro atoms. The minimum absolute atomic E-state index is 0.140. The van der Waals surface area contributed by atoms with Crippen LogP contribution >= 0.6 is 0 Å². The Kier molecular flexibility index (Phi) is 4.20. The van der Waals surface area contributed by atoms with Crippen molar-refractivity contribution in [2.75, 3.05) is 13.1 Å². The van der Waals surface area contributed by atoms with Crippen molar-refractivity contribution in [3.8, 4) is 0 Å². The minimum atomic E-state index is -3.45. The summed E-state index contributed by atoms with van der Waals surface area (Å²) in [6.45, 7) is 3.12. The Bertz CT molecular complexity index is 1000. The zero-order chi connectivity index (χ0) is 19.4. The van der Waals surface area contributed by atoms with Crippen LogP contribution in [0.2, 0.25) is 0 Å². The number of hydrogen-bond acceptors (Lipinski definition) is 2. The highest BCUT2D eigenvalue weighted by Gasteiger charge is 2.79. The third-order valence-corrected chi connectivity index (χ3v) is 8.61. The molecule has 3 fully saturated rings. The van der Waals surface area contributed by atoms with Crippen molar-refractivity contribution in [1.82, 2.24) is 4.31 Å².